The summed E-state index contributed by atoms with van der Waals surface area (Å²) in [4.78, 5) is 2.50. The fraction of sp³-hybridized carbons (Fsp3) is 0.368. The summed E-state index contributed by atoms with van der Waals surface area (Å²) >= 11 is 9.92. The van der Waals surface area contributed by atoms with Crippen LogP contribution in [0, 0.1) is 13.8 Å². The zero-order chi connectivity index (χ0) is 15.9. The molecule has 1 aliphatic rings. The summed E-state index contributed by atoms with van der Waals surface area (Å²) < 4.78 is 1.26. The van der Waals surface area contributed by atoms with Gasteiger partial charge in [0.05, 0.1) is 6.04 Å². The summed E-state index contributed by atoms with van der Waals surface area (Å²) in [6.45, 7) is 7.47. The van der Waals surface area contributed by atoms with Gasteiger partial charge in [0, 0.05) is 21.7 Å². The van der Waals surface area contributed by atoms with Crippen LogP contribution in [0.25, 0.3) is 0 Å². The summed E-state index contributed by atoms with van der Waals surface area (Å²) in [5.74, 6) is 0. The molecule has 22 heavy (non-hydrogen) atoms. The summed E-state index contributed by atoms with van der Waals surface area (Å²) in [7, 11) is 0. The third-order valence-electron chi connectivity index (χ3n) is 4.59. The number of benzene rings is 2. The monoisotopic (exact) mass is 377 g/mol. The quantitative estimate of drug-likeness (QED) is 0.611. The normalized spacial score (nSPS) is 16.7. The molecule has 0 fully saturated rings. The van der Waals surface area contributed by atoms with Crippen LogP contribution in [0.15, 0.2) is 34.8 Å². The molecule has 0 bridgehead atoms. The second-order valence-electron chi connectivity index (χ2n) is 6.09. The van der Waals surface area contributed by atoms with E-state index in [-0.39, 0.29) is 0 Å². The van der Waals surface area contributed by atoms with Crippen LogP contribution < -0.4 is 4.90 Å². The smallest absolute Gasteiger partial charge is 0.0548 e. The van der Waals surface area contributed by atoms with E-state index in [9.17, 15) is 0 Å². The molecule has 2 aromatic carbocycles. The maximum absolute atomic E-state index is 6.19. The number of rotatable bonds is 3. The first-order valence-corrected chi connectivity index (χ1v) is 9.00. The van der Waals surface area contributed by atoms with E-state index in [0.717, 1.165) is 23.6 Å². The predicted molar refractivity (Wildman–Crippen MR) is 99.2 cm³/mol. The van der Waals surface area contributed by atoms with Crippen molar-refractivity contribution in [2.24, 2.45) is 0 Å². The van der Waals surface area contributed by atoms with Crippen molar-refractivity contribution >= 4 is 33.2 Å². The Bertz CT molecular complexity index is 711. The zero-order valence-corrected chi connectivity index (χ0v) is 15.6. The molecular formula is C19H21BrClN. The van der Waals surface area contributed by atoms with Crippen molar-refractivity contribution in [3.63, 3.8) is 0 Å². The highest BCUT2D eigenvalue weighted by Crippen LogP contribution is 2.42. The Balaban J connectivity index is 2.02. The maximum atomic E-state index is 6.19. The maximum Gasteiger partial charge on any atom is 0.0548 e. The van der Waals surface area contributed by atoms with E-state index in [1.165, 1.54) is 33.3 Å². The van der Waals surface area contributed by atoms with Gasteiger partial charge in [0.2, 0.25) is 0 Å². The van der Waals surface area contributed by atoms with Crippen molar-refractivity contribution < 1.29 is 0 Å². The molecule has 0 saturated carbocycles. The molecule has 0 heterocycles. The number of anilines is 1. The molecule has 0 spiro atoms. The van der Waals surface area contributed by atoms with Crippen LogP contribution in [0.5, 0.6) is 0 Å². The van der Waals surface area contributed by atoms with Crippen molar-refractivity contribution in [1.82, 2.24) is 0 Å². The summed E-state index contributed by atoms with van der Waals surface area (Å²) in [5.41, 5.74) is 6.67. The molecule has 0 amide bonds. The molecule has 0 aliphatic heterocycles. The van der Waals surface area contributed by atoms with Crippen LogP contribution >= 0.6 is 27.5 Å². The number of halogens is 2. The van der Waals surface area contributed by atoms with Gasteiger partial charge in [0.1, 0.15) is 0 Å². The van der Waals surface area contributed by atoms with E-state index < -0.39 is 0 Å². The van der Waals surface area contributed by atoms with Gasteiger partial charge in [-0.15, -0.1) is 0 Å². The van der Waals surface area contributed by atoms with Crippen LogP contribution in [0.3, 0.4) is 0 Å². The van der Waals surface area contributed by atoms with E-state index in [1.54, 1.807) is 0 Å². The molecule has 1 nitrogen and oxygen atoms in total. The lowest BCUT2D eigenvalue weighted by Gasteiger charge is -2.31. The SMILES string of the molecule is CCN(c1ccc(Cl)c(C)c1)C1CCc2c(Br)cc(C)cc21. The Morgan fingerprint density at radius 2 is 2.00 bits per heavy atom. The minimum Gasteiger partial charge on any atom is -0.365 e. The van der Waals surface area contributed by atoms with E-state index in [1.807, 2.05) is 6.07 Å². The Hall–Kier alpha value is -0.990. The first kappa shape index (κ1) is 15.9. The van der Waals surface area contributed by atoms with Crippen molar-refractivity contribution in [3.05, 3.63) is 62.1 Å². The number of fused-ring (bicyclic) bond motifs is 1. The van der Waals surface area contributed by atoms with Crippen LogP contribution in [0.4, 0.5) is 5.69 Å². The zero-order valence-electron chi connectivity index (χ0n) is 13.3. The van der Waals surface area contributed by atoms with Gasteiger partial charge < -0.3 is 4.90 Å². The third kappa shape index (κ3) is 2.79. The molecule has 0 saturated heterocycles. The fourth-order valence-electron chi connectivity index (χ4n) is 3.51. The Morgan fingerprint density at radius 1 is 1.23 bits per heavy atom. The van der Waals surface area contributed by atoms with Gasteiger partial charge in [-0.05, 0) is 80.1 Å². The van der Waals surface area contributed by atoms with E-state index in [2.05, 4.69) is 65.9 Å². The molecule has 1 aliphatic carbocycles. The first-order chi connectivity index (χ1) is 10.5. The minimum absolute atomic E-state index is 0.455. The Labute approximate surface area is 146 Å². The standard InChI is InChI=1S/C19H21BrClN/c1-4-22(14-5-7-18(21)13(3)11-14)19-8-6-15-16(19)9-12(2)10-17(15)20/h5,7,9-11,19H,4,6,8H2,1-3H3. The largest absolute Gasteiger partial charge is 0.365 e. The number of nitrogens with zero attached hydrogens (tertiary/aromatic N) is 1. The predicted octanol–water partition coefficient (Wildman–Crippen LogP) is 6.23. The molecule has 1 atom stereocenters. The van der Waals surface area contributed by atoms with Gasteiger partial charge in [-0.3, -0.25) is 0 Å². The van der Waals surface area contributed by atoms with E-state index in [0.29, 0.717) is 6.04 Å². The van der Waals surface area contributed by atoms with Crippen molar-refractivity contribution in [2.75, 3.05) is 11.4 Å². The highest BCUT2D eigenvalue weighted by atomic mass is 79.9. The molecule has 0 N–H and O–H groups in total. The first-order valence-electron chi connectivity index (χ1n) is 7.83. The van der Waals surface area contributed by atoms with Crippen molar-refractivity contribution in [1.29, 1.82) is 0 Å². The summed E-state index contributed by atoms with van der Waals surface area (Å²) in [6, 6.07) is 11.4. The minimum atomic E-state index is 0.455. The highest BCUT2D eigenvalue weighted by Gasteiger charge is 2.29. The lowest BCUT2D eigenvalue weighted by Crippen LogP contribution is -2.27. The Kier molecular flexibility index (Phi) is 4.52. The molecule has 3 rings (SSSR count). The third-order valence-corrected chi connectivity index (χ3v) is 5.72. The second kappa shape index (κ2) is 6.25. The van der Waals surface area contributed by atoms with E-state index >= 15 is 0 Å². The fourth-order valence-corrected chi connectivity index (χ4v) is 4.42. The Morgan fingerprint density at radius 3 is 2.68 bits per heavy atom. The van der Waals surface area contributed by atoms with Gasteiger partial charge >= 0.3 is 0 Å². The lowest BCUT2D eigenvalue weighted by atomic mass is 10.0. The van der Waals surface area contributed by atoms with Gasteiger partial charge in [-0.25, -0.2) is 0 Å². The van der Waals surface area contributed by atoms with Gasteiger partial charge in [0.25, 0.3) is 0 Å². The molecule has 116 valence electrons. The van der Waals surface area contributed by atoms with Crippen LogP contribution in [-0.2, 0) is 6.42 Å². The number of aryl methyl sites for hydroxylation is 2. The molecule has 0 radical (unpaired) electrons. The van der Waals surface area contributed by atoms with Crippen LogP contribution in [-0.4, -0.2) is 6.54 Å². The molecule has 1 unspecified atom stereocenters. The van der Waals surface area contributed by atoms with Gasteiger partial charge in [0.15, 0.2) is 0 Å². The second-order valence-corrected chi connectivity index (χ2v) is 7.35. The summed E-state index contributed by atoms with van der Waals surface area (Å²) in [5, 5.41) is 0.838. The average Bonchev–Trinajstić information content (AvgIpc) is 2.88. The van der Waals surface area contributed by atoms with Crippen LogP contribution in [0.2, 0.25) is 5.02 Å². The van der Waals surface area contributed by atoms with E-state index in [4.69, 9.17) is 11.6 Å². The van der Waals surface area contributed by atoms with Gasteiger partial charge in [-0.2, -0.15) is 0 Å². The summed E-state index contributed by atoms with van der Waals surface area (Å²) in [6.07, 6.45) is 2.32. The molecular weight excluding hydrogens is 358 g/mol. The van der Waals surface area contributed by atoms with Crippen LogP contribution in [0.1, 0.15) is 41.6 Å². The topological polar surface area (TPSA) is 3.24 Å². The molecule has 2 aromatic rings. The average molecular weight is 379 g/mol. The number of hydrogen-bond acceptors (Lipinski definition) is 1. The van der Waals surface area contributed by atoms with Crippen molar-refractivity contribution in [2.45, 2.75) is 39.7 Å². The van der Waals surface area contributed by atoms with Gasteiger partial charge in [-0.1, -0.05) is 33.6 Å². The molecule has 0 aromatic heterocycles. The lowest BCUT2D eigenvalue weighted by molar-refractivity contribution is 0.627. The van der Waals surface area contributed by atoms with Crippen molar-refractivity contribution in [3.8, 4) is 0 Å². The number of hydrogen-bond donors (Lipinski definition) is 0. The molecule has 3 heteroatoms. The highest BCUT2D eigenvalue weighted by molar-refractivity contribution is 9.10.